The summed E-state index contributed by atoms with van der Waals surface area (Å²) in [4.78, 5) is 27.5. The van der Waals surface area contributed by atoms with Crippen molar-refractivity contribution in [2.45, 2.75) is 129 Å². The van der Waals surface area contributed by atoms with Crippen LogP contribution in [0.3, 0.4) is 0 Å². The molecule has 0 aliphatic carbocycles. The maximum Gasteiger partial charge on any atom is 0.335 e. The molecular weight excluding hydrogens is 525 g/mol. The molecule has 4 atom stereocenters. The second-order valence-electron chi connectivity index (χ2n) is 12.8. The Morgan fingerprint density at radius 3 is 2.00 bits per heavy atom. The number of aromatic amines is 1. The molecular formula is C25H48N2O7Si3. The number of nitrogens with one attached hydrogen (secondary N) is 1. The van der Waals surface area contributed by atoms with Gasteiger partial charge in [-0.25, -0.2) is 4.79 Å². The molecule has 0 radical (unpaired) electrons. The molecule has 2 aliphatic rings. The van der Waals surface area contributed by atoms with Crippen molar-refractivity contribution in [1.29, 1.82) is 0 Å². The van der Waals surface area contributed by atoms with Crippen molar-refractivity contribution >= 4 is 25.4 Å². The van der Waals surface area contributed by atoms with Gasteiger partial charge in [0.2, 0.25) is 0 Å². The average molecular weight is 573 g/mol. The summed E-state index contributed by atoms with van der Waals surface area (Å²) < 4.78 is 36.2. The Bertz CT molecular complexity index is 1050. The van der Waals surface area contributed by atoms with E-state index in [1.54, 1.807) is 13.1 Å². The fourth-order valence-corrected chi connectivity index (χ4v) is 17.9. The fourth-order valence-electron chi connectivity index (χ4n) is 5.66. The van der Waals surface area contributed by atoms with Gasteiger partial charge in [0.15, 0.2) is 14.5 Å². The van der Waals surface area contributed by atoms with Gasteiger partial charge in [0.25, 0.3) is 5.56 Å². The highest BCUT2D eigenvalue weighted by molar-refractivity contribution is 6.84. The minimum atomic E-state index is -2.90. The van der Waals surface area contributed by atoms with Crippen LogP contribution in [0, 0.1) is 6.92 Å². The highest BCUT2D eigenvalue weighted by Gasteiger charge is 2.62. The van der Waals surface area contributed by atoms with Gasteiger partial charge in [-0.2, -0.15) is 0 Å². The Morgan fingerprint density at radius 1 is 0.973 bits per heavy atom. The number of hydrogen-bond donors (Lipinski definition) is 1. The van der Waals surface area contributed by atoms with Gasteiger partial charge >= 0.3 is 22.8 Å². The Morgan fingerprint density at radius 2 is 1.51 bits per heavy atom. The van der Waals surface area contributed by atoms with Gasteiger partial charge in [0.1, 0.15) is 18.3 Å². The van der Waals surface area contributed by atoms with E-state index < -0.39 is 61.2 Å². The molecule has 1 aromatic rings. The van der Waals surface area contributed by atoms with Crippen LogP contribution in [0.5, 0.6) is 0 Å². The molecule has 0 spiro atoms. The normalized spacial score (nSPS) is 28.1. The number of fused-ring (bicyclic) bond motifs is 1. The van der Waals surface area contributed by atoms with Crippen LogP contribution in [0.2, 0.25) is 41.8 Å². The van der Waals surface area contributed by atoms with Crippen LogP contribution in [0.4, 0.5) is 0 Å². The standard InChI is InChI=1S/C25H48N2O7Si3/c1-15(2)36(16(3)4)30-14-20-21(33-37(34-36,17(5)6)18(7)8)22(32-35(10,11)12)24(31-20)27-13-19(9)23(28)26-25(27)29/h13,15-18,20-22,24H,14H2,1-12H3,(H,26,28,29)/t20?,21-,22+,24+/m0/s1. The van der Waals surface area contributed by atoms with Gasteiger partial charge in [-0.3, -0.25) is 14.3 Å². The largest absolute Gasteiger partial charge is 0.414 e. The molecule has 0 amide bonds. The van der Waals surface area contributed by atoms with Crippen molar-refractivity contribution < 1.29 is 22.1 Å². The quantitative estimate of drug-likeness (QED) is 0.463. The minimum Gasteiger partial charge on any atom is -0.414 e. The summed E-state index contributed by atoms with van der Waals surface area (Å²) in [7, 11) is -7.74. The van der Waals surface area contributed by atoms with E-state index in [-0.39, 0.29) is 22.2 Å². The first-order chi connectivity index (χ1) is 16.9. The molecule has 2 fully saturated rings. The summed E-state index contributed by atoms with van der Waals surface area (Å²) in [6, 6.07) is 0. The van der Waals surface area contributed by atoms with Crippen LogP contribution in [-0.2, 0) is 22.1 Å². The number of rotatable bonds is 7. The third kappa shape index (κ3) is 5.86. The molecule has 2 saturated heterocycles. The Balaban J connectivity index is 2.20. The van der Waals surface area contributed by atoms with Gasteiger partial charge in [0, 0.05) is 11.8 Å². The molecule has 212 valence electrons. The Labute approximate surface area is 224 Å². The van der Waals surface area contributed by atoms with E-state index in [1.165, 1.54) is 4.57 Å². The van der Waals surface area contributed by atoms with E-state index in [9.17, 15) is 9.59 Å². The first kappa shape index (κ1) is 30.7. The average Bonchev–Trinajstić information content (AvgIpc) is 3.04. The second-order valence-corrected chi connectivity index (χ2v) is 26.1. The monoisotopic (exact) mass is 572 g/mol. The first-order valence-corrected chi connectivity index (χ1v) is 21.0. The number of ether oxygens (including phenoxy) is 1. The number of hydrogen-bond acceptors (Lipinski definition) is 7. The molecule has 0 bridgehead atoms. The van der Waals surface area contributed by atoms with Crippen molar-refractivity contribution in [2.24, 2.45) is 0 Å². The van der Waals surface area contributed by atoms with E-state index in [4.69, 9.17) is 22.1 Å². The highest BCUT2D eigenvalue weighted by Crippen LogP contribution is 2.49. The predicted octanol–water partition coefficient (Wildman–Crippen LogP) is 4.92. The fraction of sp³-hybridized carbons (Fsp3) is 0.840. The van der Waals surface area contributed by atoms with Gasteiger partial charge in [-0.1, -0.05) is 55.4 Å². The number of aromatic nitrogens is 2. The SMILES string of the molecule is Cc1cn([C@@H]2OC3CO[Si](C(C)C)(C(C)C)O[Si](C(C)C)(C(C)C)O[C@@H]3[C@H]2O[Si](C)(C)C)c(=O)[nH]c1=O. The van der Waals surface area contributed by atoms with Gasteiger partial charge < -0.3 is 22.1 Å². The van der Waals surface area contributed by atoms with Crippen LogP contribution in [0.25, 0.3) is 0 Å². The molecule has 37 heavy (non-hydrogen) atoms. The molecule has 3 rings (SSSR count). The molecule has 9 nitrogen and oxygen atoms in total. The van der Waals surface area contributed by atoms with Crippen molar-refractivity contribution in [3.8, 4) is 0 Å². The molecule has 2 aliphatic heterocycles. The summed E-state index contributed by atoms with van der Waals surface area (Å²) >= 11 is 0. The lowest BCUT2D eigenvalue weighted by Crippen LogP contribution is -2.66. The topological polar surface area (TPSA) is 101 Å². The zero-order valence-electron chi connectivity index (χ0n) is 24.7. The van der Waals surface area contributed by atoms with Crippen LogP contribution in [0.15, 0.2) is 15.8 Å². The summed E-state index contributed by atoms with van der Waals surface area (Å²) in [6.07, 6.45) is -0.670. The first-order valence-electron chi connectivity index (χ1n) is 13.6. The summed E-state index contributed by atoms with van der Waals surface area (Å²) in [6.45, 7) is 25.8. The second kappa shape index (κ2) is 11.0. The zero-order valence-corrected chi connectivity index (χ0v) is 27.7. The van der Waals surface area contributed by atoms with E-state index >= 15 is 0 Å². The lowest BCUT2D eigenvalue weighted by atomic mass is 10.1. The third-order valence-electron chi connectivity index (χ3n) is 7.53. The molecule has 1 unspecified atom stereocenters. The molecule has 1 N–H and O–H groups in total. The van der Waals surface area contributed by atoms with Gasteiger partial charge in [-0.15, -0.1) is 0 Å². The summed E-state index contributed by atoms with van der Waals surface area (Å²) in [5.74, 6) is 0. The highest BCUT2D eigenvalue weighted by atomic mass is 28.5. The van der Waals surface area contributed by atoms with Crippen molar-refractivity contribution in [3.05, 3.63) is 32.6 Å². The van der Waals surface area contributed by atoms with Gasteiger partial charge in [0.05, 0.1) is 6.61 Å². The van der Waals surface area contributed by atoms with Crippen LogP contribution < -0.4 is 11.2 Å². The molecule has 12 heteroatoms. The van der Waals surface area contributed by atoms with Crippen molar-refractivity contribution in [2.75, 3.05) is 6.61 Å². The molecule has 1 aromatic heterocycles. The van der Waals surface area contributed by atoms with E-state index in [2.05, 4.69) is 80.0 Å². The van der Waals surface area contributed by atoms with E-state index in [0.717, 1.165) is 0 Å². The number of nitrogens with zero attached hydrogens (tertiary/aromatic N) is 1. The summed E-state index contributed by atoms with van der Waals surface area (Å²) in [5, 5.41) is 0. The molecule has 0 saturated carbocycles. The maximum atomic E-state index is 13.0. The maximum absolute atomic E-state index is 13.0. The predicted molar refractivity (Wildman–Crippen MR) is 152 cm³/mol. The Hall–Kier alpha value is -0.869. The smallest absolute Gasteiger partial charge is 0.335 e. The third-order valence-corrected chi connectivity index (χ3v) is 18.8. The number of H-pyrrole nitrogens is 1. The lowest BCUT2D eigenvalue weighted by Gasteiger charge is -2.51. The summed E-state index contributed by atoms with van der Waals surface area (Å²) in [5.41, 5.74) is 0.240. The van der Waals surface area contributed by atoms with Crippen LogP contribution in [-0.4, -0.2) is 59.9 Å². The minimum absolute atomic E-state index is 0.156. The van der Waals surface area contributed by atoms with E-state index in [0.29, 0.717) is 12.2 Å². The Kier molecular flexibility index (Phi) is 9.08. The number of aryl methyl sites for hydroxylation is 1. The lowest BCUT2D eigenvalue weighted by molar-refractivity contribution is -0.0593. The zero-order chi connectivity index (χ0) is 28.1. The van der Waals surface area contributed by atoms with Crippen molar-refractivity contribution in [3.63, 3.8) is 0 Å². The van der Waals surface area contributed by atoms with Gasteiger partial charge in [-0.05, 0) is 48.7 Å². The molecule has 3 heterocycles. The molecule has 0 aromatic carbocycles. The van der Waals surface area contributed by atoms with E-state index in [1.807, 2.05) is 0 Å². The van der Waals surface area contributed by atoms with Crippen molar-refractivity contribution in [1.82, 2.24) is 9.55 Å². The van der Waals surface area contributed by atoms with Crippen LogP contribution in [0.1, 0.15) is 67.2 Å². The van der Waals surface area contributed by atoms with Crippen LogP contribution >= 0.6 is 0 Å².